The molecule has 74 valence electrons. The van der Waals surface area contributed by atoms with Gasteiger partial charge in [-0.3, -0.25) is 0 Å². The maximum absolute atomic E-state index is 5.90. The fourth-order valence-electron chi connectivity index (χ4n) is 1.33. The third-order valence-corrected chi connectivity index (χ3v) is 2.27. The lowest BCUT2D eigenvalue weighted by atomic mass is 10.3. The largest absolute Gasteiger partial charge is 0.446 e. The predicted octanol–water partition coefficient (Wildman–Crippen LogP) is 3.03. The molecule has 1 aromatic carbocycles. The highest BCUT2D eigenvalue weighted by Crippen LogP contribution is 2.46. The molecule has 0 saturated heterocycles. The van der Waals surface area contributed by atoms with Gasteiger partial charge in [0.1, 0.15) is 5.02 Å². The Labute approximate surface area is 90.4 Å². The highest BCUT2D eigenvalue weighted by atomic mass is 35.5. The third kappa shape index (κ3) is 1.30. The molecule has 0 bridgehead atoms. The van der Waals surface area contributed by atoms with Crippen LogP contribution in [0.3, 0.4) is 0 Å². The molecule has 0 fully saturated rings. The number of rotatable bonds is 0. The highest BCUT2D eigenvalue weighted by molar-refractivity contribution is 6.32. The number of hydrogen-bond acceptors (Lipinski definition) is 4. The Morgan fingerprint density at radius 1 is 1.07 bits per heavy atom. The lowest BCUT2D eigenvalue weighted by Gasteiger charge is -2.18. The van der Waals surface area contributed by atoms with Gasteiger partial charge in [-0.25, -0.2) is 0 Å². The first kappa shape index (κ1) is 8.49. The van der Waals surface area contributed by atoms with Crippen molar-refractivity contribution < 1.29 is 9.47 Å². The summed E-state index contributed by atoms with van der Waals surface area (Å²) in [5.41, 5.74) is 0. The van der Waals surface area contributed by atoms with Gasteiger partial charge in [0, 0.05) is 0 Å². The summed E-state index contributed by atoms with van der Waals surface area (Å²) in [4.78, 5) is 0. The first-order valence-electron chi connectivity index (χ1n) is 4.30. The van der Waals surface area contributed by atoms with Crippen molar-refractivity contribution in [2.24, 2.45) is 0 Å². The van der Waals surface area contributed by atoms with Crippen molar-refractivity contribution >= 4 is 11.6 Å². The minimum atomic E-state index is 0.293. The van der Waals surface area contributed by atoms with E-state index in [1.165, 1.54) is 6.20 Å². The molecule has 2 aromatic rings. The average Bonchev–Trinajstić information content (AvgIpc) is 2.27. The normalized spacial score (nSPS) is 12.1. The molecule has 2 heterocycles. The van der Waals surface area contributed by atoms with Crippen LogP contribution in [-0.2, 0) is 0 Å². The van der Waals surface area contributed by atoms with Crippen LogP contribution >= 0.6 is 11.6 Å². The molecular formula is C10H5ClN2O2. The molecule has 0 spiro atoms. The second kappa shape index (κ2) is 3.10. The lowest BCUT2D eigenvalue weighted by Crippen LogP contribution is -2.01. The second-order valence-corrected chi connectivity index (χ2v) is 3.38. The van der Waals surface area contributed by atoms with E-state index in [4.69, 9.17) is 21.1 Å². The Morgan fingerprint density at radius 3 is 2.60 bits per heavy atom. The molecule has 0 N–H and O–H groups in total. The van der Waals surface area contributed by atoms with Gasteiger partial charge in [-0.2, -0.15) is 5.10 Å². The molecule has 0 unspecified atom stereocenters. The Balaban J connectivity index is 2.15. The van der Waals surface area contributed by atoms with Gasteiger partial charge in [-0.1, -0.05) is 23.7 Å². The molecule has 0 radical (unpaired) electrons. The Bertz CT molecular complexity index is 531. The third-order valence-electron chi connectivity index (χ3n) is 2.00. The first-order chi connectivity index (χ1) is 7.34. The summed E-state index contributed by atoms with van der Waals surface area (Å²) in [6.45, 7) is 0. The summed E-state index contributed by atoms with van der Waals surface area (Å²) in [5.74, 6) is 1.94. The van der Waals surface area contributed by atoms with Crippen molar-refractivity contribution in [3.8, 4) is 23.1 Å². The van der Waals surface area contributed by atoms with Crippen LogP contribution in [0, 0.1) is 0 Å². The molecule has 1 aliphatic rings. The Morgan fingerprint density at radius 2 is 1.80 bits per heavy atom. The monoisotopic (exact) mass is 220 g/mol. The maximum atomic E-state index is 5.90. The van der Waals surface area contributed by atoms with E-state index in [2.05, 4.69) is 10.2 Å². The van der Waals surface area contributed by atoms with Crippen molar-refractivity contribution in [1.82, 2.24) is 10.2 Å². The zero-order valence-corrected chi connectivity index (χ0v) is 8.23. The van der Waals surface area contributed by atoms with Crippen LogP contribution in [0.25, 0.3) is 0 Å². The van der Waals surface area contributed by atoms with E-state index in [-0.39, 0.29) is 0 Å². The molecule has 4 nitrogen and oxygen atoms in total. The highest BCUT2D eigenvalue weighted by Gasteiger charge is 2.22. The van der Waals surface area contributed by atoms with Crippen LogP contribution in [0.1, 0.15) is 0 Å². The molecule has 5 heteroatoms. The quantitative estimate of drug-likeness (QED) is 0.584. The summed E-state index contributed by atoms with van der Waals surface area (Å²) < 4.78 is 11.0. The number of hydrogen-bond donors (Lipinski definition) is 0. The second-order valence-electron chi connectivity index (χ2n) is 2.98. The summed E-state index contributed by atoms with van der Waals surface area (Å²) in [5, 5.41) is 7.86. The van der Waals surface area contributed by atoms with Crippen LogP contribution < -0.4 is 9.47 Å². The van der Waals surface area contributed by atoms with E-state index in [0.717, 1.165) is 0 Å². The molecule has 0 atom stereocenters. The van der Waals surface area contributed by atoms with Gasteiger partial charge in [0.05, 0.1) is 6.20 Å². The molecule has 1 aliphatic heterocycles. The van der Waals surface area contributed by atoms with Crippen LogP contribution in [0.2, 0.25) is 5.02 Å². The number of ether oxygens (including phenoxy) is 2. The fourth-order valence-corrected chi connectivity index (χ4v) is 1.49. The standard InChI is InChI=1S/C10H5ClN2O2/c11-6-5-12-13-10-9(6)14-7-3-1-2-4-8(7)15-10/h1-5H. The molecule has 15 heavy (non-hydrogen) atoms. The number of para-hydroxylation sites is 2. The number of nitrogens with zero attached hydrogens (tertiary/aromatic N) is 2. The summed E-state index contributed by atoms with van der Waals surface area (Å²) in [6.07, 6.45) is 1.41. The Kier molecular flexibility index (Phi) is 1.76. The van der Waals surface area contributed by atoms with Gasteiger partial charge in [-0.15, -0.1) is 5.10 Å². The summed E-state index contributed by atoms with van der Waals surface area (Å²) >= 11 is 5.90. The van der Waals surface area contributed by atoms with Gasteiger partial charge in [-0.05, 0) is 12.1 Å². The van der Waals surface area contributed by atoms with Crippen LogP contribution in [0.5, 0.6) is 23.1 Å². The van der Waals surface area contributed by atoms with Gasteiger partial charge in [0.25, 0.3) is 5.88 Å². The van der Waals surface area contributed by atoms with Crippen molar-refractivity contribution in [1.29, 1.82) is 0 Å². The van der Waals surface area contributed by atoms with Crippen molar-refractivity contribution in [3.05, 3.63) is 35.5 Å². The zero-order chi connectivity index (χ0) is 10.3. The van der Waals surface area contributed by atoms with Gasteiger partial charge in [0.2, 0.25) is 5.75 Å². The van der Waals surface area contributed by atoms with Crippen molar-refractivity contribution in [2.75, 3.05) is 0 Å². The number of aromatic nitrogens is 2. The zero-order valence-electron chi connectivity index (χ0n) is 7.48. The van der Waals surface area contributed by atoms with E-state index < -0.39 is 0 Å². The van der Waals surface area contributed by atoms with E-state index in [0.29, 0.717) is 28.2 Å². The summed E-state index contributed by atoms with van der Waals surface area (Å²) in [7, 11) is 0. The maximum Gasteiger partial charge on any atom is 0.284 e. The molecule has 1 aromatic heterocycles. The topological polar surface area (TPSA) is 44.2 Å². The van der Waals surface area contributed by atoms with E-state index >= 15 is 0 Å². The molecule has 0 saturated carbocycles. The minimum Gasteiger partial charge on any atom is -0.446 e. The van der Waals surface area contributed by atoms with E-state index in [1.807, 2.05) is 12.1 Å². The smallest absolute Gasteiger partial charge is 0.284 e. The SMILES string of the molecule is Clc1cnnc2c1Oc1ccccc1O2. The number of benzene rings is 1. The van der Waals surface area contributed by atoms with Crippen LogP contribution in [-0.4, -0.2) is 10.2 Å². The van der Waals surface area contributed by atoms with E-state index in [1.54, 1.807) is 12.1 Å². The first-order valence-corrected chi connectivity index (χ1v) is 4.68. The van der Waals surface area contributed by atoms with E-state index in [9.17, 15) is 0 Å². The van der Waals surface area contributed by atoms with Crippen LogP contribution in [0.15, 0.2) is 30.5 Å². The number of fused-ring (bicyclic) bond motifs is 2. The molecular weight excluding hydrogens is 216 g/mol. The Hall–Kier alpha value is -1.81. The number of halogens is 1. The average molecular weight is 221 g/mol. The van der Waals surface area contributed by atoms with Gasteiger partial charge < -0.3 is 9.47 Å². The predicted molar refractivity (Wildman–Crippen MR) is 53.6 cm³/mol. The lowest BCUT2D eigenvalue weighted by molar-refractivity contribution is 0.343. The van der Waals surface area contributed by atoms with Crippen LogP contribution in [0.4, 0.5) is 0 Å². The van der Waals surface area contributed by atoms with Gasteiger partial charge >= 0.3 is 0 Å². The minimum absolute atomic E-state index is 0.293. The fraction of sp³-hybridized carbons (Fsp3) is 0. The van der Waals surface area contributed by atoms with Crippen molar-refractivity contribution in [3.63, 3.8) is 0 Å². The molecule has 3 rings (SSSR count). The van der Waals surface area contributed by atoms with Gasteiger partial charge in [0.15, 0.2) is 11.5 Å². The molecule has 0 aliphatic carbocycles. The summed E-state index contributed by atoms with van der Waals surface area (Å²) in [6, 6.07) is 7.30. The molecule has 0 amide bonds. The van der Waals surface area contributed by atoms with Crippen molar-refractivity contribution in [2.45, 2.75) is 0 Å².